The molecule has 0 radical (unpaired) electrons. The molecule has 19 heavy (non-hydrogen) atoms. The summed E-state index contributed by atoms with van der Waals surface area (Å²) in [5, 5.41) is 9.61. The molecule has 1 aliphatic rings. The highest BCUT2D eigenvalue weighted by atomic mass is 32.2. The van der Waals surface area contributed by atoms with E-state index in [9.17, 15) is 14.7 Å². The fraction of sp³-hybridized carbons (Fsp3) is 0.429. The van der Waals surface area contributed by atoms with Crippen LogP contribution < -0.4 is 4.90 Å². The summed E-state index contributed by atoms with van der Waals surface area (Å²) in [6.45, 7) is 5.83. The van der Waals surface area contributed by atoms with Gasteiger partial charge >= 0.3 is 0 Å². The molecule has 1 aromatic rings. The first-order chi connectivity index (χ1) is 8.88. The second-order valence-corrected chi connectivity index (χ2v) is 6.35. The molecule has 0 bridgehead atoms. The van der Waals surface area contributed by atoms with Gasteiger partial charge in [-0.05, 0) is 37.1 Å². The first-order valence-electron chi connectivity index (χ1n) is 6.16. The Bertz CT molecular complexity index is 518. The van der Waals surface area contributed by atoms with Gasteiger partial charge in [-0.25, -0.2) is 0 Å². The third-order valence-electron chi connectivity index (χ3n) is 3.17. The fourth-order valence-electron chi connectivity index (χ4n) is 2.56. The molecule has 0 saturated carbocycles. The summed E-state index contributed by atoms with van der Waals surface area (Å²) in [5.74, 6) is 0.246. The van der Waals surface area contributed by atoms with Crippen LogP contribution in [0.1, 0.15) is 24.5 Å². The SMILES string of the molecule is CC(=O)SC1CC(=O)N(c2c(C)cc(O)cc2C)C1. The Morgan fingerprint density at radius 1 is 1.37 bits per heavy atom. The zero-order valence-corrected chi connectivity index (χ0v) is 12.1. The van der Waals surface area contributed by atoms with Crippen LogP contribution in [-0.4, -0.2) is 27.9 Å². The molecule has 1 heterocycles. The smallest absolute Gasteiger partial charge is 0.228 e. The Labute approximate surface area is 116 Å². The summed E-state index contributed by atoms with van der Waals surface area (Å²) in [5.41, 5.74) is 2.60. The molecule has 1 amide bonds. The van der Waals surface area contributed by atoms with Crippen molar-refractivity contribution < 1.29 is 14.7 Å². The lowest BCUT2D eigenvalue weighted by molar-refractivity contribution is -0.117. The van der Waals surface area contributed by atoms with Crippen LogP contribution in [-0.2, 0) is 9.59 Å². The molecular weight excluding hydrogens is 262 g/mol. The van der Waals surface area contributed by atoms with Crippen LogP contribution in [0.2, 0.25) is 0 Å². The minimum Gasteiger partial charge on any atom is -0.508 e. The number of rotatable bonds is 2. The number of carbonyl (C=O) groups excluding carboxylic acids is 2. The van der Waals surface area contributed by atoms with Gasteiger partial charge in [0, 0.05) is 30.8 Å². The van der Waals surface area contributed by atoms with Crippen LogP contribution in [0.5, 0.6) is 5.75 Å². The molecule has 0 aromatic heterocycles. The van der Waals surface area contributed by atoms with Gasteiger partial charge in [-0.15, -0.1) is 0 Å². The Balaban J connectivity index is 2.28. The average Bonchev–Trinajstić information content (AvgIpc) is 2.57. The summed E-state index contributed by atoms with van der Waals surface area (Å²) in [4.78, 5) is 24.9. The van der Waals surface area contributed by atoms with E-state index in [-0.39, 0.29) is 22.0 Å². The number of aryl methyl sites for hydroxylation is 2. The molecule has 4 nitrogen and oxygen atoms in total. The number of thioether (sulfide) groups is 1. The maximum absolute atomic E-state index is 12.1. The van der Waals surface area contributed by atoms with Gasteiger partial charge in [-0.2, -0.15) is 0 Å². The maximum Gasteiger partial charge on any atom is 0.228 e. The summed E-state index contributed by atoms with van der Waals surface area (Å²) in [7, 11) is 0. The standard InChI is InChI=1S/C14H17NO3S/c1-8-4-11(17)5-9(2)14(8)15-7-12(6-13(15)18)19-10(3)16/h4-5,12,17H,6-7H2,1-3H3. The molecular formula is C14H17NO3S. The van der Waals surface area contributed by atoms with Crippen molar-refractivity contribution in [2.75, 3.05) is 11.4 Å². The first kappa shape index (κ1) is 13.9. The molecule has 1 N–H and O–H groups in total. The molecule has 102 valence electrons. The van der Waals surface area contributed by atoms with Crippen LogP contribution in [0, 0.1) is 13.8 Å². The van der Waals surface area contributed by atoms with Gasteiger partial charge < -0.3 is 10.0 Å². The van der Waals surface area contributed by atoms with Crippen molar-refractivity contribution in [3.05, 3.63) is 23.3 Å². The summed E-state index contributed by atoms with van der Waals surface area (Å²) >= 11 is 1.23. The molecule has 1 aliphatic heterocycles. The quantitative estimate of drug-likeness (QED) is 0.903. The lowest BCUT2D eigenvalue weighted by atomic mass is 10.1. The van der Waals surface area contributed by atoms with Crippen molar-refractivity contribution in [1.82, 2.24) is 0 Å². The predicted molar refractivity (Wildman–Crippen MR) is 76.6 cm³/mol. The van der Waals surface area contributed by atoms with Gasteiger partial charge in [0.05, 0.1) is 0 Å². The number of anilines is 1. The van der Waals surface area contributed by atoms with Gasteiger partial charge in [0.15, 0.2) is 5.12 Å². The highest BCUT2D eigenvalue weighted by Gasteiger charge is 2.33. The van der Waals surface area contributed by atoms with Crippen LogP contribution in [0.3, 0.4) is 0 Å². The molecule has 0 spiro atoms. The van der Waals surface area contributed by atoms with E-state index in [1.807, 2.05) is 13.8 Å². The molecule has 1 unspecified atom stereocenters. The minimum atomic E-state index is 0.0256. The van der Waals surface area contributed by atoms with Crippen molar-refractivity contribution in [3.8, 4) is 5.75 Å². The van der Waals surface area contributed by atoms with E-state index in [0.29, 0.717) is 13.0 Å². The monoisotopic (exact) mass is 279 g/mol. The molecule has 1 fully saturated rings. The molecule has 2 rings (SSSR count). The number of nitrogens with zero attached hydrogens (tertiary/aromatic N) is 1. The Morgan fingerprint density at radius 3 is 2.47 bits per heavy atom. The fourth-order valence-corrected chi connectivity index (χ4v) is 3.48. The second kappa shape index (κ2) is 5.25. The molecule has 0 aliphatic carbocycles. The topological polar surface area (TPSA) is 57.6 Å². The third-order valence-corrected chi connectivity index (χ3v) is 4.15. The number of phenolic OH excluding ortho intramolecular Hbond substituents is 1. The van der Waals surface area contributed by atoms with E-state index in [4.69, 9.17) is 0 Å². The molecule has 5 heteroatoms. The number of carbonyl (C=O) groups is 2. The summed E-state index contributed by atoms with van der Waals surface area (Å²) in [6.07, 6.45) is 0.393. The zero-order valence-electron chi connectivity index (χ0n) is 11.3. The lowest BCUT2D eigenvalue weighted by Gasteiger charge is -2.21. The summed E-state index contributed by atoms with van der Waals surface area (Å²) in [6, 6.07) is 3.31. The van der Waals surface area contributed by atoms with Crippen molar-refractivity contribution in [2.24, 2.45) is 0 Å². The Hall–Kier alpha value is -1.49. The van der Waals surface area contributed by atoms with Gasteiger partial charge in [-0.1, -0.05) is 11.8 Å². The van der Waals surface area contributed by atoms with Crippen LogP contribution >= 0.6 is 11.8 Å². The van der Waals surface area contributed by atoms with E-state index in [0.717, 1.165) is 16.8 Å². The molecule has 1 saturated heterocycles. The highest BCUT2D eigenvalue weighted by molar-refractivity contribution is 8.14. The number of amides is 1. The minimum absolute atomic E-state index is 0.0256. The van der Waals surface area contributed by atoms with E-state index in [2.05, 4.69) is 0 Å². The van der Waals surface area contributed by atoms with Gasteiger partial charge in [0.2, 0.25) is 5.91 Å². The Morgan fingerprint density at radius 2 is 1.95 bits per heavy atom. The number of aromatic hydroxyl groups is 1. The van der Waals surface area contributed by atoms with Gasteiger partial charge in [0.25, 0.3) is 0 Å². The predicted octanol–water partition coefficient (Wildman–Crippen LogP) is 2.39. The second-order valence-electron chi connectivity index (χ2n) is 4.87. The van der Waals surface area contributed by atoms with Gasteiger partial charge in [0.1, 0.15) is 5.75 Å². The third kappa shape index (κ3) is 2.92. The summed E-state index contributed by atoms with van der Waals surface area (Å²) < 4.78 is 0. The first-order valence-corrected chi connectivity index (χ1v) is 7.04. The lowest BCUT2D eigenvalue weighted by Crippen LogP contribution is -2.26. The van der Waals surface area contributed by atoms with E-state index < -0.39 is 0 Å². The average molecular weight is 279 g/mol. The number of phenols is 1. The maximum atomic E-state index is 12.1. The largest absolute Gasteiger partial charge is 0.508 e. The van der Waals surface area contributed by atoms with Crippen molar-refractivity contribution in [3.63, 3.8) is 0 Å². The Kier molecular flexibility index (Phi) is 3.85. The van der Waals surface area contributed by atoms with Crippen molar-refractivity contribution in [1.29, 1.82) is 0 Å². The van der Waals surface area contributed by atoms with Crippen molar-refractivity contribution >= 4 is 28.5 Å². The normalized spacial score (nSPS) is 19.0. The van der Waals surface area contributed by atoms with Gasteiger partial charge in [-0.3, -0.25) is 9.59 Å². The van der Waals surface area contributed by atoms with E-state index >= 15 is 0 Å². The highest BCUT2D eigenvalue weighted by Crippen LogP contribution is 2.34. The number of hydrogen-bond acceptors (Lipinski definition) is 4. The van der Waals surface area contributed by atoms with Crippen molar-refractivity contribution in [2.45, 2.75) is 32.4 Å². The van der Waals surface area contributed by atoms with E-state index in [1.165, 1.54) is 18.7 Å². The van der Waals surface area contributed by atoms with Crippen LogP contribution in [0.4, 0.5) is 5.69 Å². The number of hydrogen-bond donors (Lipinski definition) is 1. The number of benzene rings is 1. The van der Waals surface area contributed by atoms with Crippen LogP contribution in [0.15, 0.2) is 12.1 Å². The zero-order chi connectivity index (χ0) is 14.2. The molecule has 1 aromatic carbocycles. The van der Waals surface area contributed by atoms with E-state index in [1.54, 1.807) is 17.0 Å². The van der Waals surface area contributed by atoms with Crippen LogP contribution in [0.25, 0.3) is 0 Å². The molecule has 1 atom stereocenters.